The smallest absolute Gasteiger partial charge is 0.228 e. The van der Waals surface area contributed by atoms with Crippen LogP contribution in [0.1, 0.15) is 31.9 Å². The van der Waals surface area contributed by atoms with E-state index in [1.54, 1.807) is 0 Å². The van der Waals surface area contributed by atoms with Gasteiger partial charge in [-0.2, -0.15) is 0 Å². The molecule has 0 saturated heterocycles. The standard InChI is InChI=1S/C25H31NO2Si/c1-25(2,3)29(4,5)28-18-21-12-7-9-16-23(21)26-24(27)17-20-14-10-13-19-11-6-8-15-22(19)20/h6-16H,17-18H2,1-5H3,(H,26,27). The summed E-state index contributed by atoms with van der Waals surface area (Å²) in [7, 11) is -1.85. The van der Waals surface area contributed by atoms with Gasteiger partial charge in [0.05, 0.1) is 13.0 Å². The molecule has 0 aromatic heterocycles. The second-order valence-electron chi connectivity index (χ2n) is 9.07. The van der Waals surface area contributed by atoms with E-state index in [9.17, 15) is 4.79 Å². The van der Waals surface area contributed by atoms with Gasteiger partial charge >= 0.3 is 0 Å². The molecule has 29 heavy (non-hydrogen) atoms. The summed E-state index contributed by atoms with van der Waals surface area (Å²) in [6.45, 7) is 11.7. The molecule has 0 aliphatic heterocycles. The monoisotopic (exact) mass is 405 g/mol. The molecule has 3 aromatic rings. The largest absolute Gasteiger partial charge is 0.412 e. The van der Waals surface area contributed by atoms with Crippen molar-refractivity contribution in [3.63, 3.8) is 0 Å². The van der Waals surface area contributed by atoms with Gasteiger partial charge in [0.25, 0.3) is 0 Å². The summed E-state index contributed by atoms with van der Waals surface area (Å²) in [6.07, 6.45) is 0.346. The van der Waals surface area contributed by atoms with Crippen molar-refractivity contribution in [3.05, 3.63) is 77.9 Å². The molecule has 0 spiro atoms. The lowest BCUT2D eigenvalue weighted by Crippen LogP contribution is -2.40. The quantitative estimate of drug-likeness (QED) is 0.473. The van der Waals surface area contributed by atoms with Crippen LogP contribution >= 0.6 is 0 Å². The number of rotatable bonds is 6. The average Bonchev–Trinajstić information content (AvgIpc) is 2.67. The molecule has 0 heterocycles. The number of carbonyl (C=O) groups is 1. The first-order chi connectivity index (χ1) is 13.7. The number of para-hydroxylation sites is 1. The summed E-state index contributed by atoms with van der Waals surface area (Å²) in [5.41, 5.74) is 2.88. The molecular weight excluding hydrogens is 374 g/mol. The first-order valence-corrected chi connectivity index (χ1v) is 13.1. The fraction of sp³-hybridized carbons (Fsp3) is 0.320. The highest BCUT2D eigenvalue weighted by atomic mass is 28.4. The molecule has 3 nitrogen and oxygen atoms in total. The van der Waals surface area contributed by atoms with Gasteiger partial charge in [-0.3, -0.25) is 4.79 Å². The number of fused-ring (bicyclic) bond motifs is 1. The van der Waals surface area contributed by atoms with Crippen molar-refractivity contribution in [1.29, 1.82) is 0 Å². The van der Waals surface area contributed by atoms with Crippen molar-refractivity contribution in [1.82, 2.24) is 0 Å². The molecule has 3 aromatic carbocycles. The molecule has 152 valence electrons. The molecule has 4 heteroatoms. The van der Waals surface area contributed by atoms with E-state index in [2.05, 4.69) is 57.4 Å². The van der Waals surface area contributed by atoms with Crippen LogP contribution in [0.3, 0.4) is 0 Å². The minimum atomic E-state index is -1.85. The van der Waals surface area contributed by atoms with Crippen molar-refractivity contribution in [2.75, 3.05) is 5.32 Å². The van der Waals surface area contributed by atoms with E-state index in [1.165, 1.54) is 0 Å². The highest BCUT2D eigenvalue weighted by molar-refractivity contribution is 6.74. The zero-order valence-electron chi connectivity index (χ0n) is 18.1. The zero-order chi connectivity index (χ0) is 21.1. The van der Waals surface area contributed by atoms with Gasteiger partial charge < -0.3 is 9.74 Å². The number of anilines is 1. The van der Waals surface area contributed by atoms with Crippen LogP contribution in [0.15, 0.2) is 66.7 Å². The topological polar surface area (TPSA) is 38.3 Å². The predicted octanol–water partition coefficient (Wildman–Crippen LogP) is 6.54. The molecule has 0 fully saturated rings. The number of benzene rings is 3. The van der Waals surface area contributed by atoms with Crippen LogP contribution < -0.4 is 5.32 Å². The Kier molecular flexibility index (Phi) is 6.25. The summed E-state index contributed by atoms with van der Waals surface area (Å²) in [5, 5.41) is 5.53. The molecule has 1 N–H and O–H groups in total. The normalized spacial score (nSPS) is 12.2. The molecule has 0 unspecified atom stereocenters. The van der Waals surface area contributed by atoms with Crippen molar-refractivity contribution < 1.29 is 9.22 Å². The van der Waals surface area contributed by atoms with Crippen LogP contribution in [0, 0.1) is 0 Å². The second kappa shape index (κ2) is 8.52. The van der Waals surface area contributed by atoms with E-state index in [1.807, 2.05) is 48.5 Å². The summed E-state index contributed by atoms with van der Waals surface area (Å²) in [5.74, 6) is -0.0128. The molecule has 1 amide bonds. The molecule has 0 aliphatic carbocycles. The lowest BCUT2D eigenvalue weighted by atomic mass is 10.0. The third-order valence-corrected chi connectivity index (χ3v) is 10.4. The SMILES string of the molecule is CC(C)(C)[Si](C)(C)OCc1ccccc1NC(=O)Cc1cccc2ccccc12. The van der Waals surface area contributed by atoms with E-state index in [4.69, 9.17) is 4.43 Å². The fourth-order valence-corrected chi connectivity index (χ4v) is 4.01. The molecule has 3 rings (SSSR count). The third kappa shape index (κ3) is 5.14. The Bertz CT molecular complexity index is 1000. The van der Waals surface area contributed by atoms with Gasteiger partial charge in [-0.1, -0.05) is 81.4 Å². The fourth-order valence-electron chi connectivity index (χ4n) is 3.06. The Morgan fingerprint density at radius 2 is 1.52 bits per heavy atom. The van der Waals surface area contributed by atoms with Gasteiger partial charge in [0, 0.05) is 5.69 Å². The predicted molar refractivity (Wildman–Crippen MR) is 125 cm³/mol. The van der Waals surface area contributed by atoms with Gasteiger partial charge in [-0.25, -0.2) is 0 Å². The maximum Gasteiger partial charge on any atom is 0.228 e. The third-order valence-electron chi connectivity index (χ3n) is 5.92. The summed E-state index contributed by atoms with van der Waals surface area (Å²) in [4.78, 5) is 12.8. The molecule has 0 bridgehead atoms. The van der Waals surface area contributed by atoms with E-state index in [0.717, 1.165) is 27.6 Å². The molecular formula is C25H31NO2Si. The van der Waals surface area contributed by atoms with Crippen molar-refractivity contribution >= 4 is 30.7 Å². The van der Waals surface area contributed by atoms with Crippen LogP contribution in [0.4, 0.5) is 5.69 Å². The van der Waals surface area contributed by atoms with E-state index in [0.29, 0.717) is 13.0 Å². The molecule has 0 atom stereocenters. The maximum absolute atomic E-state index is 12.8. The highest BCUT2D eigenvalue weighted by Crippen LogP contribution is 2.37. The van der Waals surface area contributed by atoms with Crippen LogP contribution in [-0.2, 0) is 22.2 Å². The van der Waals surface area contributed by atoms with E-state index in [-0.39, 0.29) is 10.9 Å². The number of hydrogen-bond acceptors (Lipinski definition) is 2. The summed E-state index contributed by atoms with van der Waals surface area (Å²) in [6, 6.07) is 22.2. The van der Waals surface area contributed by atoms with Crippen molar-refractivity contribution in [2.45, 2.75) is 51.9 Å². The Morgan fingerprint density at radius 3 is 2.28 bits per heavy atom. The maximum atomic E-state index is 12.8. The van der Waals surface area contributed by atoms with Gasteiger partial charge in [0.15, 0.2) is 8.32 Å². The lowest BCUT2D eigenvalue weighted by Gasteiger charge is -2.36. The average molecular weight is 406 g/mol. The minimum absolute atomic E-state index is 0.0128. The minimum Gasteiger partial charge on any atom is -0.412 e. The van der Waals surface area contributed by atoms with Gasteiger partial charge in [-0.15, -0.1) is 0 Å². The summed E-state index contributed by atoms with van der Waals surface area (Å²) >= 11 is 0. The highest BCUT2D eigenvalue weighted by Gasteiger charge is 2.37. The summed E-state index contributed by atoms with van der Waals surface area (Å²) < 4.78 is 6.37. The Labute approximate surface area is 175 Å². The molecule has 0 saturated carbocycles. The first-order valence-electron chi connectivity index (χ1n) is 10.2. The van der Waals surface area contributed by atoms with E-state index >= 15 is 0 Å². The second-order valence-corrected chi connectivity index (χ2v) is 13.9. The van der Waals surface area contributed by atoms with Crippen LogP contribution in [0.5, 0.6) is 0 Å². The zero-order valence-corrected chi connectivity index (χ0v) is 19.1. The van der Waals surface area contributed by atoms with Gasteiger partial charge in [0.1, 0.15) is 0 Å². The Hall–Kier alpha value is -2.43. The van der Waals surface area contributed by atoms with Crippen LogP contribution in [0.25, 0.3) is 10.8 Å². The Morgan fingerprint density at radius 1 is 0.897 bits per heavy atom. The number of hydrogen-bond donors (Lipinski definition) is 1. The van der Waals surface area contributed by atoms with Crippen LogP contribution in [-0.4, -0.2) is 14.2 Å². The van der Waals surface area contributed by atoms with Crippen LogP contribution in [0.2, 0.25) is 18.1 Å². The number of amides is 1. The van der Waals surface area contributed by atoms with Crippen molar-refractivity contribution in [2.24, 2.45) is 0 Å². The molecule has 0 radical (unpaired) electrons. The Balaban J connectivity index is 1.73. The number of nitrogens with one attached hydrogen (secondary N) is 1. The lowest BCUT2D eigenvalue weighted by molar-refractivity contribution is -0.115. The number of carbonyl (C=O) groups excluding carboxylic acids is 1. The molecule has 0 aliphatic rings. The van der Waals surface area contributed by atoms with Crippen molar-refractivity contribution in [3.8, 4) is 0 Å². The first kappa shape index (κ1) is 21.3. The van der Waals surface area contributed by atoms with Gasteiger partial charge in [0.2, 0.25) is 5.91 Å². The van der Waals surface area contributed by atoms with Gasteiger partial charge in [-0.05, 0) is 46.1 Å². The van der Waals surface area contributed by atoms with E-state index < -0.39 is 8.32 Å².